The summed E-state index contributed by atoms with van der Waals surface area (Å²) < 4.78 is 10.0. The van der Waals surface area contributed by atoms with Gasteiger partial charge in [0.05, 0.1) is 20.3 Å². The highest BCUT2D eigenvalue weighted by Gasteiger charge is 2.12. The summed E-state index contributed by atoms with van der Waals surface area (Å²) in [7, 11) is 2.92. The van der Waals surface area contributed by atoms with Gasteiger partial charge in [0.25, 0.3) is 5.91 Å². The second-order valence-electron chi connectivity index (χ2n) is 4.15. The highest BCUT2D eigenvalue weighted by atomic mass is 16.5. The summed E-state index contributed by atoms with van der Waals surface area (Å²) in [6, 6.07) is 4.59. The first-order chi connectivity index (χ1) is 10.0. The Morgan fingerprint density at radius 2 is 1.71 bits per heavy atom. The van der Waals surface area contributed by atoms with Crippen LogP contribution in [-0.4, -0.2) is 35.1 Å². The lowest BCUT2D eigenvalue weighted by molar-refractivity contribution is 0.102. The first kappa shape index (κ1) is 14.5. The monoisotopic (exact) mass is 289 g/mol. The van der Waals surface area contributed by atoms with Gasteiger partial charge in [-0.05, 0) is 19.1 Å². The van der Waals surface area contributed by atoms with E-state index in [0.29, 0.717) is 11.3 Å². The number of carbonyl (C=O) groups excluding carboxylic acids is 1. The maximum Gasteiger partial charge on any atom is 0.258 e. The molecule has 110 valence electrons. The fourth-order valence-electron chi connectivity index (χ4n) is 1.67. The maximum absolute atomic E-state index is 12.2. The van der Waals surface area contributed by atoms with Crippen LogP contribution >= 0.6 is 0 Å². The molecule has 0 saturated carbocycles. The number of rotatable bonds is 4. The summed E-state index contributed by atoms with van der Waals surface area (Å²) in [6.45, 7) is 1.75. The standard InChI is InChI=1S/C13H15N5O3/c1-7-4-8(5-9(14)15-7)12(19)18-13-16-10(20-2)6-11(17-13)21-3/h4-6H,1-3H3,(H2,14,15)(H,16,17,18,19). The Kier molecular flexibility index (Phi) is 4.17. The van der Waals surface area contributed by atoms with Gasteiger partial charge in [-0.15, -0.1) is 0 Å². The molecule has 2 heterocycles. The number of nitrogens with zero attached hydrogens (tertiary/aromatic N) is 3. The third-order valence-corrected chi connectivity index (χ3v) is 2.56. The van der Waals surface area contributed by atoms with Crippen molar-refractivity contribution in [1.82, 2.24) is 15.0 Å². The van der Waals surface area contributed by atoms with Crippen molar-refractivity contribution in [2.24, 2.45) is 0 Å². The van der Waals surface area contributed by atoms with E-state index in [4.69, 9.17) is 15.2 Å². The van der Waals surface area contributed by atoms with Gasteiger partial charge in [0.1, 0.15) is 5.82 Å². The molecule has 0 aromatic carbocycles. The molecular weight excluding hydrogens is 274 g/mol. The Labute approximate surface area is 121 Å². The number of methoxy groups -OCH3 is 2. The third-order valence-electron chi connectivity index (χ3n) is 2.56. The molecule has 3 N–H and O–H groups in total. The molecular formula is C13H15N5O3. The van der Waals surface area contributed by atoms with Gasteiger partial charge in [0.15, 0.2) is 0 Å². The summed E-state index contributed by atoms with van der Waals surface area (Å²) in [5, 5.41) is 2.56. The van der Waals surface area contributed by atoms with Gasteiger partial charge in [0.2, 0.25) is 17.7 Å². The van der Waals surface area contributed by atoms with Crippen molar-refractivity contribution in [3.63, 3.8) is 0 Å². The Hall–Kier alpha value is -2.90. The fraction of sp³-hybridized carbons (Fsp3) is 0.231. The van der Waals surface area contributed by atoms with Crippen LogP contribution in [0.5, 0.6) is 11.8 Å². The lowest BCUT2D eigenvalue weighted by Crippen LogP contribution is -2.15. The van der Waals surface area contributed by atoms with Gasteiger partial charge in [0, 0.05) is 11.3 Å². The second kappa shape index (κ2) is 6.04. The number of carbonyl (C=O) groups is 1. The topological polar surface area (TPSA) is 112 Å². The zero-order valence-electron chi connectivity index (χ0n) is 11.9. The number of hydrogen-bond donors (Lipinski definition) is 2. The van der Waals surface area contributed by atoms with Crippen LogP contribution in [0, 0.1) is 6.92 Å². The van der Waals surface area contributed by atoms with Crippen molar-refractivity contribution >= 4 is 17.7 Å². The van der Waals surface area contributed by atoms with Gasteiger partial charge < -0.3 is 15.2 Å². The minimum atomic E-state index is -0.400. The minimum Gasteiger partial charge on any atom is -0.481 e. The lowest BCUT2D eigenvalue weighted by Gasteiger charge is -2.08. The summed E-state index contributed by atoms with van der Waals surface area (Å²) in [4.78, 5) is 24.2. The van der Waals surface area contributed by atoms with Crippen molar-refractivity contribution in [2.75, 3.05) is 25.3 Å². The number of nitrogen functional groups attached to an aromatic ring is 1. The SMILES string of the molecule is COc1cc(OC)nc(NC(=O)c2cc(C)nc(N)c2)n1. The van der Waals surface area contributed by atoms with Crippen LogP contribution in [0.1, 0.15) is 16.1 Å². The van der Waals surface area contributed by atoms with Crippen molar-refractivity contribution in [2.45, 2.75) is 6.92 Å². The van der Waals surface area contributed by atoms with E-state index >= 15 is 0 Å². The number of aryl methyl sites for hydroxylation is 1. The second-order valence-corrected chi connectivity index (χ2v) is 4.15. The highest BCUT2D eigenvalue weighted by molar-refractivity contribution is 6.03. The number of pyridine rings is 1. The average Bonchev–Trinajstić information content (AvgIpc) is 2.45. The van der Waals surface area contributed by atoms with Crippen LogP contribution in [-0.2, 0) is 0 Å². The van der Waals surface area contributed by atoms with E-state index < -0.39 is 5.91 Å². The van der Waals surface area contributed by atoms with Crippen LogP contribution in [0.2, 0.25) is 0 Å². The summed E-state index contributed by atoms with van der Waals surface area (Å²) >= 11 is 0. The molecule has 1 amide bonds. The van der Waals surface area contributed by atoms with Crippen molar-refractivity contribution in [3.05, 3.63) is 29.5 Å². The quantitative estimate of drug-likeness (QED) is 0.864. The smallest absolute Gasteiger partial charge is 0.258 e. The number of nitrogens with two attached hydrogens (primary N) is 1. The van der Waals surface area contributed by atoms with Gasteiger partial charge in [-0.25, -0.2) is 4.98 Å². The predicted octanol–water partition coefficient (Wildman–Crippen LogP) is 1.03. The molecule has 0 saturated heterocycles. The number of ether oxygens (including phenoxy) is 2. The highest BCUT2D eigenvalue weighted by Crippen LogP contribution is 2.18. The lowest BCUT2D eigenvalue weighted by atomic mass is 10.2. The molecule has 0 spiro atoms. The van der Waals surface area contributed by atoms with E-state index in [-0.39, 0.29) is 23.5 Å². The largest absolute Gasteiger partial charge is 0.481 e. The van der Waals surface area contributed by atoms with E-state index in [2.05, 4.69) is 20.3 Å². The molecule has 0 atom stereocenters. The Balaban J connectivity index is 2.26. The molecule has 0 bridgehead atoms. The van der Waals surface area contributed by atoms with E-state index in [0.717, 1.165) is 0 Å². The van der Waals surface area contributed by atoms with Crippen LogP contribution in [0.3, 0.4) is 0 Å². The van der Waals surface area contributed by atoms with Crippen LogP contribution in [0.25, 0.3) is 0 Å². The first-order valence-electron chi connectivity index (χ1n) is 6.04. The van der Waals surface area contributed by atoms with E-state index in [9.17, 15) is 4.79 Å². The minimum absolute atomic E-state index is 0.0734. The predicted molar refractivity (Wildman–Crippen MR) is 76.5 cm³/mol. The van der Waals surface area contributed by atoms with Gasteiger partial charge in [-0.2, -0.15) is 9.97 Å². The van der Waals surface area contributed by atoms with Crippen LogP contribution in [0.15, 0.2) is 18.2 Å². The van der Waals surface area contributed by atoms with E-state index in [1.165, 1.54) is 26.4 Å². The maximum atomic E-state index is 12.2. The van der Waals surface area contributed by atoms with E-state index in [1.807, 2.05) is 0 Å². The number of nitrogens with one attached hydrogen (secondary N) is 1. The van der Waals surface area contributed by atoms with Gasteiger partial charge in [-0.3, -0.25) is 10.1 Å². The molecule has 2 rings (SSSR count). The number of hydrogen-bond acceptors (Lipinski definition) is 7. The molecule has 2 aromatic rings. The summed E-state index contributed by atoms with van der Waals surface area (Å²) in [5.41, 5.74) is 6.63. The molecule has 8 nitrogen and oxygen atoms in total. The van der Waals surface area contributed by atoms with E-state index in [1.54, 1.807) is 13.0 Å². The Morgan fingerprint density at radius 1 is 1.10 bits per heavy atom. The van der Waals surface area contributed by atoms with Crippen molar-refractivity contribution < 1.29 is 14.3 Å². The molecule has 0 aliphatic heterocycles. The van der Waals surface area contributed by atoms with Crippen LogP contribution < -0.4 is 20.5 Å². The Bertz CT molecular complexity index is 632. The van der Waals surface area contributed by atoms with Crippen molar-refractivity contribution in [3.8, 4) is 11.8 Å². The van der Waals surface area contributed by atoms with Crippen molar-refractivity contribution in [1.29, 1.82) is 0 Å². The number of amides is 1. The molecule has 21 heavy (non-hydrogen) atoms. The average molecular weight is 289 g/mol. The molecule has 8 heteroatoms. The van der Waals surface area contributed by atoms with Crippen LogP contribution in [0.4, 0.5) is 11.8 Å². The molecule has 2 aromatic heterocycles. The summed E-state index contributed by atoms with van der Waals surface area (Å²) in [6.07, 6.45) is 0. The Morgan fingerprint density at radius 3 is 2.24 bits per heavy atom. The van der Waals surface area contributed by atoms with Gasteiger partial charge >= 0.3 is 0 Å². The normalized spacial score (nSPS) is 10.0. The zero-order valence-corrected chi connectivity index (χ0v) is 11.9. The first-order valence-corrected chi connectivity index (χ1v) is 6.04. The number of aromatic nitrogens is 3. The zero-order chi connectivity index (χ0) is 15.4. The summed E-state index contributed by atoms with van der Waals surface area (Å²) in [5.74, 6) is 0.501. The fourth-order valence-corrected chi connectivity index (χ4v) is 1.67. The molecule has 0 unspecified atom stereocenters. The molecule has 0 radical (unpaired) electrons. The molecule has 0 aliphatic carbocycles. The molecule has 0 aliphatic rings. The third kappa shape index (κ3) is 3.56. The van der Waals surface area contributed by atoms with Gasteiger partial charge in [-0.1, -0.05) is 0 Å². The molecule has 0 fully saturated rings. The number of anilines is 2.